The summed E-state index contributed by atoms with van der Waals surface area (Å²) in [6.07, 6.45) is 1.81. The molecule has 1 aromatic carbocycles. The Morgan fingerprint density at radius 1 is 1.09 bits per heavy atom. The van der Waals surface area contributed by atoms with E-state index in [1.807, 2.05) is 35.0 Å². The van der Waals surface area contributed by atoms with Crippen molar-refractivity contribution in [3.8, 4) is 16.4 Å². The third kappa shape index (κ3) is 4.44. The number of hydrogen-bond donors (Lipinski definition) is 0. The lowest BCUT2D eigenvalue weighted by Gasteiger charge is -2.23. The second-order valence-corrected chi connectivity index (χ2v) is 9.39. The molecule has 1 atom stereocenters. The molecule has 4 aromatic rings. The topological polar surface area (TPSA) is 77.3 Å². The first-order valence-electron chi connectivity index (χ1n) is 10.4. The van der Waals surface area contributed by atoms with Gasteiger partial charge in [0.2, 0.25) is 0 Å². The normalized spacial score (nSPS) is 15.7. The summed E-state index contributed by atoms with van der Waals surface area (Å²) in [5.74, 6) is -1.12. The van der Waals surface area contributed by atoms with Gasteiger partial charge in [-0.05, 0) is 60.0 Å². The highest BCUT2D eigenvalue weighted by atomic mass is 32.1. The molecule has 1 saturated heterocycles. The van der Waals surface area contributed by atoms with Crippen LogP contribution in [0.5, 0.6) is 0 Å². The van der Waals surface area contributed by atoms with E-state index in [0.717, 1.165) is 22.6 Å². The van der Waals surface area contributed by atoms with Crippen molar-refractivity contribution in [1.82, 2.24) is 19.7 Å². The number of amides is 1. The predicted molar refractivity (Wildman–Crippen MR) is 123 cm³/mol. The van der Waals surface area contributed by atoms with Crippen LogP contribution < -0.4 is 0 Å². The number of aromatic nitrogens is 3. The number of ether oxygens (including phenoxy) is 1. The number of halogens is 1. The maximum absolute atomic E-state index is 13.4. The van der Waals surface area contributed by atoms with Crippen LogP contribution in [0.25, 0.3) is 16.4 Å². The summed E-state index contributed by atoms with van der Waals surface area (Å²) < 4.78 is 20.1. The van der Waals surface area contributed by atoms with Crippen LogP contribution in [0.4, 0.5) is 4.39 Å². The Hall–Kier alpha value is -3.37. The quantitative estimate of drug-likeness (QED) is 0.372. The average molecular weight is 483 g/mol. The molecule has 1 aliphatic heterocycles. The number of benzene rings is 1. The molecule has 0 aliphatic carbocycles. The van der Waals surface area contributed by atoms with Gasteiger partial charge in [0.05, 0.1) is 16.6 Å². The molecule has 5 rings (SSSR count). The SMILES string of the molecule is O=C(OCC(=O)N1CCC[C@H]1c1cccs1)c1nc(-c2cccs2)n(-c2ccc(F)cc2)n1. The van der Waals surface area contributed by atoms with Gasteiger partial charge in [-0.3, -0.25) is 4.79 Å². The molecule has 1 aliphatic rings. The van der Waals surface area contributed by atoms with Crippen LogP contribution in [0.2, 0.25) is 0 Å². The first kappa shape index (κ1) is 21.5. The number of carbonyl (C=O) groups is 2. The first-order valence-corrected chi connectivity index (χ1v) is 12.1. The first-order chi connectivity index (χ1) is 16.1. The zero-order valence-electron chi connectivity index (χ0n) is 17.4. The molecule has 0 N–H and O–H groups in total. The molecular weight excluding hydrogens is 463 g/mol. The highest BCUT2D eigenvalue weighted by Gasteiger charge is 2.31. The van der Waals surface area contributed by atoms with Gasteiger partial charge in [0.25, 0.3) is 11.7 Å². The molecule has 0 unspecified atom stereocenters. The van der Waals surface area contributed by atoms with E-state index in [1.165, 1.54) is 28.2 Å². The fourth-order valence-corrected chi connectivity index (χ4v) is 5.41. The van der Waals surface area contributed by atoms with Crippen molar-refractivity contribution < 1.29 is 18.7 Å². The van der Waals surface area contributed by atoms with Gasteiger partial charge in [0.1, 0.15) is 5.82 Å². The van der Waals surface area contributed by atoms with Crippen molar-refractivity contribution in [3.63, 3.8) is 0 Å². The maximum Gasteiger partial charge on any atom is 0.378 e. The van der Waals surface area contributed by atoms with E-state index < -0.39 is 5.97 Å². The summed E-state index contributed by atoms with van der Waals surface area (Å²) in [7, 11) is 0. The van der Waals surface area contributed by atoms with E-state index in [1.54, 1.807) is 28.4 Å². The number of likely N-dealkylation sites (tertiary alicyclic amines) is 1. The smallest absolute Gasteiger partial charge is 0.378 e. The van der Waals surface area contributed by atoms with Crippen molar-refractivity contribution in [2.75, 3.05) is 13.2 Å². The lowest BCUT2D eigenvalue weighted by Crippen LogP contribution is -2.34. The average Bonchev–Trinajstić information content (AvgIpc) is 3.63. The Labute approximate surface area is 197 Å². The van der Waals surface area contributed by atoms with E-state index in [4.69, 9.17) is 4.74 Å². The zero-order valence-corrected chi connectivity index (χ0v) is 19.0. The minimum Gasteiger partial charge on any atom is -0.450 e. The van der Waals surface area contributed by atoms with Crippen molar-refractivity contribution in [2.45, 2.75) is 18.9 Å². The van der Waals surface area contributed by atoms with Gasteiger partial charge in [-0.25, -0.2) is 13.9 Å². The standard InChI is InChI=1S/C23H19FN4O3S2/c24-15-7-9-16(10-8-15)28-22(19-6-3-13-33-19)25-21(26-28)23(30)31-14-20(29)27-11-1-4-17(27)18-5-2-12-32-18/h2-3,5-10,12-13,17H,1,4,11,14H2/t17-/m0/s1. The number of hydrogen-bond acceptors (Lipinski definition) is 7. The molecular formula is C23H19FN4O3S2. The lowest BCUT2D eigenvalue weighted by atomic mass is 10.2. The third-order valence-corrected chi connectivity index (χ3v) is 7.21. The van der Waals surface area contributed by atoms with Gasteiger partial charge in [0.15, 0.2) is 12.4 Å². The Kier molecular flexibility index (Phi) is 6.01. The van der Waals surface area contributed by atoms with Crippen LogP contribution in [0.15, 0.2) is 59.3 Å². The second kappa shape index (κ2) is 9.24. The molecule has 7 nitrogen and oxygen atoms in total. The summed E-state index contributed by atoms with van der Waals surface area (Å²) in [5, 5.41) is 8.16. The van der Waals surface area contributed by atoms with Crippen LogP contribution in [0.3, 0.4) is 0 Å². The molecule has 0 bridgehead atoms. The van der Waals surface area contributed by atoms with E-state index in [9.17, 15) is 14.0 Å². The van der Waals surface area contributed by atoms with Crippen molar-refractivity contribution in [1.29, 1.82) is 0 Å². The molecule has 10 heteroatoms. The van der Waals surface area contributed by atoms with E-state index in [-0.39, 0.29) is 30.2 Å². The van der Waals surface area contributed by atoms with Crippen LogP contribution in [0.1, 0.15) is 34.4 Å². The maximum atomic E-state index is 13.4. The fraction of sp³-hybridized carbons (Fsp3) is 0.217. The number of rotatable bonds is 6. The lowest BCUT2D eigenvalue weighted by molar-refractivity contribution is -0.135. The van der Waals surface area contributed by atoms with E-state index in [2.05, 4.69) is 10.1 Å². The fourth-order valence-electron chi connectivity index (χ4n) is 3.84. The summed E-state index contributed by atoms with van der Waals surface area (Å²) in [4.78, 5) is 33.5. The monoisotopic (exact) mass is 482 g/mol. The van der Waals surface area contributed by atoms with Crippen LogP contribution >= 0.6 is 22.7 Å². The molecule has 0 saturated carbocycles. The van der Waals surface area contributed by atoms with E-state index in [0.29, 0.717) is 18.1 Å². The second-order valence-electron chi connectivity index (χ2n) is 7.46. The number of thiophene rings is 2. The van der Waals surface area contributed by atoms with Crippen molar-refractivity contribution in [3.05, 3.63) is 75.8 Å². The Bertz CT molecular complexity index is 1250. The van der Waals surface area contributed by atoms with Gasteiger partial charge in [-0.1, -0.05) is 12.1 Å². The highest BCUT2D eigenvalue weighted by Crippen LogP contribution is 2.34. The van der Waals surface area contributed by atoms with Gasteiger partial charge in [-0.2, -0.15) is 4.98 Å². The minimum atomic E-state index is -0.783. The molecule has 33 heavy (non-hydrogen) atoms. The zero-order chi connectivity index (χ0) is 22.8. The van der Waals surface area contributed by atoms with Crippen molar-refractivity contribution in [2.24, 2.45) is 0 Å². The minimum absolute atomic E-state index is 0.0254. The third-order valence-electron chi connectivity index (χ3n) is 5.37. The molecule has 168 valence electrons. The Morgan fingerprint density at radius 3 is 2.61 bits per heavy atom. The van der Waals surface area contributed by atoms with Crippen LogP contribution in [0, 0.1) is 5.82 Å². The summed E-state index contributed by atoms with van der Waals surface area (Å²) in [6.45, 7) is 0.263. The Morgan fingerprint density at radius 2 is 1.88 bits per heavy atom. The van der Waals surface area contributed by atoms with Gasteiger partial charge in [0, 0.05) is 11.4 Å². The van der Waals surface area contributed by atoms with Crippen LogP contribution in [-0.4, -0.2) is 44.7 Å². The molecule has 1 amide bonds. The molecule has 0 radical (unpaired) electrons. The number of esters is 1. The summed E-state index contributed by atoms with van der Waals surface area (Å²) in [6, 6.07) is 13.5. The Balaban J connectivity index is 1.33. The van der Waals surface area contributed by atoms with Crippen molar-refractivity contribution >= 4 is 34.6 Å². The largest absolute Gasteiger partial charge is 0.450 e. The number of carbonyl (C=O) groups excluding carboxylic acids is 2. The van der Waals surface area contributed by atoms with Gasteiger partial charge < -0.3 is 9.64 Å². The highest BCUT2D eigenvalue weighted by molar-refractivity contribution is 7.13. The molecule has 4 heterocycles. The summed E-state index contributed by atoms with van der Waals surface area (Å²) >= 11 is 3.06. The van der Waals surface area contributed by atoms with Gasteiger partial charge >= 0.3 is 5.97 Å². The molecule has 0 spiro atoms. The molecule has 1 fully saturated rings. The van der Waals surface area contributed by atoms with Gasteiger partial charge in [-0.15, -0.1) is 27.8 Å². The van der Waals surface area contributed by atoms with E-state index >= 15 is 0 Å². The van der Waals surface area contributed by atoms with Crippen LogP contribution in [-0.2, 0) is 9.53 Å². The molecule has 3 aromatic heterocycles. The predicted octanol–water partition coefficient (Wildman–Crippen LogP) is 4.72. The summed E-state index contributed by atoms with van der Waals surface area (Å²) in [5.41, 5.74) is 0.554. The number of nitrogens with zero attached hydrogens (tertiary/aromatic N) is 4.